The Hall–Kier alpha value is -3.43. The number of aromatic hydroxyl groups is 1. The number of oxime groups is 1. The quantitative estimate of drug-likeness (QED) is 0.162. The maximum atomic E-state index is 12.8. The summed E-state index contributed by atoms with van der Waals surface area (Å²) in [5, 5.41) is 36.3. The molecule has 0 spiro atoms. The molecule has 1 fully saturated rings. The second-order valence-corrected chi connectivity index (χ2v) is 7.79. The SMILES string of the molecule is Nc1nc(/C(=N/OCc2cc(=O)c(O)c[nH]2)C(=O)N[C@H]2CC[C@@H](CC(=O)O)OB2O)cs1. The summed E-state index contributed by atoms with van der Waals surface area (Å²) in [4.78, 5) is 47.0. The summed E-state index contributed by atoms with van der Waals surface area (Å²) in [5.74, 6) is -3.03. The zero-order chi connectivity index (χ0) is 23.3. The minimum Gasteiger partial charge on any atom is -0.503 e. The Labute approximate surface area is 185 Å². The molecule has 1 aliphatic heterocycles. The molecule has 0 aromatic carbocycles. The van der Waals surface area contributed by atoms with E-state index in [0.29, 0.717) is 12.1 Å². The number of hydrogen-bond donors (Lipinski definition) is 6. The summed E-state index contributed by atoms with van der Waals surface area (Å²) in [6, 6.07) is 1.12. The Bertz CT molecular complexity index is 1070. The summed E-state index contributed by atoms with van der Waals surface area (Å²) >= 11 is 1.08. The molecule has 170 valence electrons. The van der Waals surface area contributed by atoms with Gasteiger partial charge in [0.05, 0.1) is 24.2 Å². The predicted octanol–water partition coefficient (Wildman–Crippen LogP) is -0.802. The summed E-state index contributed by atoms with van der Waals surface area (Å²) in [6.45, 7) is -0.210. The van der Waals surface area contributed by atoms with Gasteiger partial charge in [0, 0.05) is 17.6 Å². The van der Waals surface area contributed by atoms with Gasteiger partial charge in [-0.15, -0.1) is 11.3 Å². The Morgan fingerprint density at radius 3 is 2.88 bits per heavy atom. The number of carboxylic acids is 1. The van der Waals surface area contributed by atoms with E-state index in [1.165, 1.54) is 5.38 Å². The number of nitrogen functional groups attached to an aromatic ring is 1. The van der Waals surface area contributed by atoms with Crippen LogP contribution >= 0.6 is 11.3 Å². The topological polar surface area (TPSA) is 209 Å². The fourth-order valence-electron chi connectivity index (χ4n) is 2.95. The summed E-state index contributed by atoms with van der Waals surface area (Å²) in [5.41, 5.74) is 5.25. The summed E-state index contributed by atoms with van der Waals surface area (Å²) in [6.07, 6.45) is 0.803. The normalized spacial score (nSPS) is 18.9. The van der Waals surface area contributed by atoms with Crippen LogP contribution in [0, 0.1) is 0 Å². The van der Waals surface area contributed by atoms with Gasteiger partial charge in [-0.25, -0.2) is 4.98 Å². The third-order valence-corrected chi connectivity index (χ3v) is 5.18. The number of pyridine rings is 1. The average molecular weight is 465 g/mol. The number of nitrogens with two attached hydrogens (primary N) is 1. The van der Waals surface area contributed by atoms with Crippen LogP contribution in [0.15, 0.2) is 27.6 Å². The third-order valence-electron chi connectivity index (χ3n) is 4.50. The number of nitrogens with zero attached hydrogens (tertiary/aromatic N) is 2. The second-order valence-electron chi connectivity index (χ2n) is 6.90. The molecule has 15 heteroatoms. The van der Waals surface area contributed by atoms with Gasteiger partial charge in [-0.2, -0.15) is 0 Å². The maximum absolute atomic E-state index is 12.8. The van der Waals surface area contributed by atoms with Crippen LogP contribution in [0.4, 0.5) is 5.13 Å². The van der Waals surface area contributed by atoms with E-state index in [4.69, 9.17) is 20.3 Å². The highest BCUT2D eigenvalue weighted by Crippen LogP contribution is 2.19. The van der Waals surface area contributed by atoms with Crippen LogP contribution < -0.4 is 16.5 Å². The lowest BCUT2D eigenvalue weighted by Gasteiger charge is -2.30. The van der Waals surface area contributed by atoms with Gasteiger partial charge in [-0.3, -0.25) is 14.4 Å². The number of rotatable bonds is 8. The van der Waals surface area contributed by atoms with E-state index in [1.54, 1.807) is 0 Å². The zero-order valence-corrected chi connectivity index (χ0v) is 17.4. The number of nitrogens with one attached hydrogen (secondary N) is 2. The standard InChI is InChI=1S/C17H20BN5O8S/c19-17-21-10(7-32-17)15(23-30-6-8-3-11(24)12(25)5-20-8)16(28)22-13-2-1-9(4-14(26)27)31-18(13)29/h3,5,7,9,13,25,29H,1-2,4,6H2,(H2,19,21)(H,20,24)(H,22,28)(H,26,27)/b23-15-/t9-,13-/m0/s1. The summed E-state index contributed by atoms with van der Waals surface area (Å²) in [7, 11) is -1.40. The average Bonchev–Trinajstić information content (AvgIpc) is 3.15. The number of thiazole rings is 1. The number of hydrogen-bond acceptors (Lipinski definition) is 11. The molecular weight excluding hydrogens is 445 g/mol. The summed E-state index contributed by atoms with van der Waals surface area (Å²) < 4.78 is 5.26. The van der Waals surface area contributed by atoms with Gasteiger partial charge in [0.2, 0.25) is 5.43 Å². The van der Waals surface area contributed by atoms with E-state index < -0.39 is 42.2 Å². The van der Waals surface area contributed by atoms with Crippen molar-refractivity contribution in [2.45, 2.75) is 37.9 Å². The van der Waals surface area contributed by atoms with Gasteiger partial charge in [-0.1, -0.05) is 5.16 Å². The number of amides is 1. The lowest BCUT2D eigenvalue weighted by atomic mass is 9.72. The van der Waals surface area contributed by atoms with Crippen LogP contribution in [0.1, 0.15) is 30.7 Å². The van der Waals surface area contributed by atoms with E-state index in [2.05, 4.69) is 20.4 Å². The Kier molecular flexibility index (Phi) is 7.45. The Balaban J connectivity index is 1.69. The van der Waals surface area contributed by atoms with Gasteiger partial charge in [0.1, 0.15) is 5.69 Å². The number of carboxylic acid groups (broad SMARTS) is 1. The maximum Gasteiger partial charge on any atom is 0.478 e. The Morgan fingerprint density at radius 2 is 2.25 bits per heavy atom. The molecule has 2 atom stereocenters. The van der Waals surface area contributed by atoms with Crippen LogP contribution in [0.2, 0.25) is 0 Å². The number of carbonyl (C=O) groups is 2. The van der Waals surface area contributed by atoms with Crippen molar-refractivity contribution in [3.05, 3.63) is 39.3 Å². The molecular formula is C17H20BN5O8S. The molecule has 1 aliphatic rings. The first-order valence-corrected chi connectivity index (χ1v) is 10.3. The molecule has 0 bridgehead atoms. The fraction of sp³-hybridized carbons (Fsp3) is 0.353. The number of aliphatic carboxylic acids is 1. The number of anilines is 1. The van der Waals surface area contributed by atoms with Crippen LogP contribution in [0.25, 0.3) is 0 Å². The van der Waals surface area contributed by atoms with Gasteiger partial charge < -0.3 is 40.8 Å². The van der Waals surface area contributed by atoms with Gasteiger partial charge >= 0.3 is 13.1 Å². The minimum atomic E-state index is -1.40. The fourth-order valence-corrected chi connectivity index (χ4v) is 3.50. The van der Waals surface area contributed by atoms with Crippen LogP contribution in [-0.2, 0) is 25.7 Å². The zero-order valence-electron chi connectivity index (χ0n) is 16.6. The first-order valence-electron chi connectivity index (χ1n) is 9.41. The number of aromatic amines is 1. The van der Waals surface area contributed by atoms with Gasteiger partial charge in [0.25, 0.3) is 5.91 Å². The largest absolute Gasteiger partial charge is 0.503 e. The van der Waals surface area contributed by atoms with E-state index in [-0.39, 0.29) is 36.0 Å². The molecule has 0 unspecified atom stereocenters. The molecule has 13 nitrogen and oxygen atoms in total. The molecule has 32 heavy (non-hydrogen) atoms. The molecule has 3 heterocycles. The minimum absolute atomic E-state index is 0.138. The van der Waals surface area contributed by atoms with E-state index in [9.17, 15) is 24.5 Å². The van der Waals surface area contributed by atoms with Gasteiger partial charge in [0.15, 0.2) is 23.2 Å². The van der Waals surface area contributed by atoms with Gasteiger partial charge in [-0.05, 0) is 12.8 Å². The second kappa shape index (κ2) is 10.3. The molecule has 0 saturated carbocycles. The lowest BCUT2D eigenvalue weighted by molar-refractivity contribution is -0.139. The molecule has 3 rings (SSSR count). The van der Waals surface area contributed by atoms with E-state index in [0.717, 1.165) is 23.6 Å². The monoisotopic (exact) mass is 465 g/mol. The Morgan fingerprint density at radius 1 is 1.47 bits per heavy atom. The molecule has 0 radical (unpaired) electrons. The smallest absolute Gasteiger partial charge is 0.478 e. The molecule has 2 aromatic rings. The van der Waals surface area contributed by atoms with Crippen LogP contribution in [0.3, 0.4) is 0 Å². The third kappa shape index (κ3) is 6.06. The van der Waals surface area contributed by atoms with Crippen molar-refractivity contribution >= 4 is 41.2 Å². The lowest BCUT2D eigenvalue weighted by Crippen LogP contribution is -2.54. The van der Waals surface area contributed by atoms with E-state index >= 15 is 0 Å². The number of aromatic nitrogens is 2. The van der Waals surface area contributed by atoms with Crippen molar-refractivity contribution < 1.29 is 34.3 Å². The van der Waals surface area contributed by atoms with E-state index in [1.807, 2.05) is 0 Å². The number of H-pyrrole nitrogens is 1. The molecule has 7 N–H and O–H groups in total. The highest BCUT2D eigenvalue weighted by Gasteiger charge is 2.37. The van der Waals surface area contributed by atoms with Crippen molar-refractivity contribution in [3.8, 4) is 5.75 Å². The first-order chi connectivity index (χ1) is 15.2. The highest BCUT2D eigenvalue weighted by molar-refractivity contribution is 7.13. The van der Waals surface area contributed by atoms with Crippen molar-refractivity contribution in [2.24, 2.45) is 5.16 Å². The van der Waals surface area contributed by atoms with Crippen molar-refractivity contribution in [2.75, 3.05) is 5.73 Å². The highest BCUT2D eigenvalue weighted by atomic mass is 32.1. The van der Waals surface area contributed by atoms with Crippen molar-refractivity contribution in [3.63, 3.8) is 0 Å². The van der Waals surface area contributed by atoms with Crippen LogP contribution in [-0.4, -0.2) is 62.0 Å². The van der Waals surface area contributed by atoms with Crippen LogP contribution in [0.5, 0.6) is 5.75 Å². The number of carbonyl (C=O) groups excluding carboxylic acids is 1. The molecule has 1 amide bonds. The van der Waals surface area contributed by atoms with Crippen molar-refractivity contribution in [1.82, 2.24) is 15.3 Å². The molecule has 0 aliphatic carbocycles. The molecule has 1 saturated heterocycles. The van der Waals surface area contributed by atoms with Crippen molar-refractivity contribution in [1.29, 1.82) is 0 Å². The first kappa shape index (κ1) is 23.2. The molecule has 2 aromatic heterocycles. The predicted molar refractivity (Wildman–Crippen MR) is 113 cm³/mol.